The molecule has 4 N–H and O–H groups in total. The van der Waals surface area contributed by atoms with Crippen LogP contribution in [0, 0.1) is 0 Å². The number of imide groups is 1. The number of pyridine rings is 1. The predicted molar refractivity (Wildman–Crippen MR) is 80.2 cm³/mol. The molecule has 0 saturated heterocycles. The largest absolute Gasteiger partial charge is 0.475 e. The van der Waals surface area contributed by atoms with Gasteiger partial charge in [-0.25, -0.2) is 4.79 Å². The van der Waals surface area contributed by atoms with Crippen LogP contribution in [0.15, 0.2) is 35.1 Å². The SMILES string of the molecule is Nc1c2c(cc(=O)n1-c1ccccc1C(=O)C(=O)O)C(=O)NC2=O. The van der Waals surface area contributed by atoms with E-state index >= 15 is 0 Å². The standard InChI is InChI=1S/C15H9N3O6/c16-12-10-7(13(21)17-14(10)22)5-9(19)18(12)8-4-2-1-3-6(8)11(20)15(23)24/h1-5H,16H2,(H,23,24)(H,17,21,22). The average Bonchev–Trinajstić information content (AvgIpc) is 2.81. The Hall–Kier alpha value is -3.75. The molecule has 2 heterocycles. The number of carboxylic acid groups (broad SMARTS) is 1. The molecule has 0 radical (unpaired) electrons. The molecule has 2 amide bonds. The lowest BCUT2D eigenvalue weighted by atomic mass is 10.1. The molecule has 3 rings (SSSR count). The van der Waals surface area contributed by atoms with Crippen LogP contribution in [0.4, 0.5) is 5.82 Å². The van der Waals surface area contributed by atoms with Gasteiger partial charge < -0.3 is 10.8 Å². The second kappa shape index (κ2) is 5.16. The molecule has 0 aliphatic carbocycles. The van der Waals surface area contributed by atoms with E-state index in [2.05, 4.69) is 0 Å². The number of nitrogens with two attached hydrogens (primary N) is 1. The van der Waals surface area contributed by atoms with Crippen molar-refractivity contribution in [1.82, 2.24) is 9.88 Å². The molecule has 0 atom stereocenters. The van der Waals surface area contributed by atoms with E-state index in [-0.39, 0.29) is 28.2 Å². The zero-order valence-corrected chi connectivity index (χ0v) is 11.9. The fourth-order valence-corrected chi connectivity index (χ4v) is 2.50. The Labute approximate surface area is 133 Å². The molecule has 9 nitrogen and oxygen atoms in total. The number of ketones is 1. The van der Waals surface area contributed by atoms with Crippen molar-refractivity contribution in [2.45, 2.75) is 0 Å². The van der Waals surface area contributed by atoms with Gasteiger partial charge in [0.1, 0.15) is 5.82 Å². The van der Waals surface area contributed by atoms with Crippen molar-refractivity contribution >= 4 is 29.4 Å². The van der Waals surface area contributed by atoms with Crippen molar-refractivity contribution in [2.75, 3.05) is 5.73 Å². The number of carboxylic acids is 1. The summed E-state index contributed by atoms with van der Waals surface area (Å²) in [6.07, 6.45) is 0. The molecule has 0 saturated carbocycles. The summed E-state index contributed by atoms with van der Waals surface area (Å²) >= 11 is 0. The number of aromatic nitrogens is 1. The van der Waals surface area contributed by atoms with Gasteiger partial charge in [-0.05, 0) is 12.1 Å². The van der Waals surface area contributed by atoms with E-state index < -0.39 is 29.1 Å². The van der Waals surface area contributed by atoms with Gasteiger partial charge in [-0.15, -0.1) is 0 Å². The summed E-state index contributed by atoms with van der Waals surface area (Å²) in [5.74, 6) is -4.82. The van der Waals surface area contributed by atoms with Gasteiger partial charge in [0.2, 0.25) is 0 Å². The van der Waals surface area contributed by atoms with Crippen LogP contribution in [0.2, 0.25) is 0 Å². The number of rotatable bonds is 3. The van der Waals surface area contributed by atoms with Gasteiger partial charge in [0.05, 0.1) is 22.4 Å². The summed E-state index contributed by atoms with van der Waals surface area (Å²) in [6.45, 7) is 0. The van der Waals surface area contributed by atoms with Crippen LogP contribution in [0.25, 0.3) is 5.69 Å². The zero-order chi connectivity index (χ0) is 17.6. The number of fused-ring (bicyclic) bond motifs is 1. The number of amides is 2. The fourth-order valence-electron chi connectivity index (χ4n) is 2.50. The van der Waals surface area contributed by atoms with E-state index in [9.17, 15) is 24.0 Å². The van der Waals surface area contributed by atoms with Gasteiger partial charge in [0.25, 0.3) is 23.2 Å². The lowest BCUT2D eigenvalue weighted by Crippen LogP contribution is -2.26. The lowest BCUT2D eigenvalue weighted by molar-refractivity contribution is -0.131. The molecule has 120 valence electrons. The molecule has 1 aromatic carbocycles. The molecular formula is C15H9N3O6. The minimum atomic E-state index is -1.71. The molecule has 2 aromatic rings. The molecular weight excluding hydrogens is 318 g/mol. The van der Waals surface area contributed by atoms with E-state index in [1.54, 1.807) is 0 Å². The van der Waals surface area contributed by atoms with Crippen molar-refractivity contribution in [1.29, 1.82) is 0 Å². The van der Waals surface area contributed by atoms with Crippen molar-refractivity contribution in [3.8, 4) is 5.69 Å². The third-order valence-electron chi connectivity index (χ3n) is 3.54. The summed E-state index contributed by atoms with van der Waals surface area (Å²) in [7, 11) is 0. The number of nitrogens with zero attached hydrogens (tertiary/aromatic N) is 1. The first-order valence-electron chi connectivity index (χ1n) is 6.61. The molecule has 1 aliphatic heterocycles. The molecule has 0 spiro atoms. The van der Waals surface area contributed by atoms with Gasteiger partial charge in [-0.2, -0.15) is 0 Å². The Bertz CT molecular complexity index is 1000. The average molecular weight is 327 g/mol. The quantitative estimate of drug-likeness (QED) is 0.393. The highest BCUT2D eigenvalue weighted by molar-refractivity contribution is 6.40. The number of hydrogen-bond acceptors (Lipinski definition) is 6. The first kappa shape index (κ1) is 15.2. The van der Waals surface area contributed by atoms with Crippen LogP contribution in [0.5, 0.6) is 0 Å². The third-order valence-corrected chi connectivity index (χ3v) is 3.54. The number of nitrogens with one attached hydrogen (secondary N) is 1. The zero-order valence-electron chi connectivity index (χ0n) is 11.9. The van der Waals surface area contributed by atoms with Crippen LogP contribution >= 0.6 is 0 Å². The van der Waals surface area contributed by atoms with E-state index in [4.69, 9.17) is 10.8 Å². The van der Waals surface area contributed by atoms with Gasteiger partial charge in [0.15, 0.2) is 0 Å². The van der Waals surface area contributed by atoms with Crippen LogP contribution in [-0.2, 0) is 4.79 Å². The van der Waals surface area contributed by atoms with Gasteiger partial charge >= 0.3 is 5.97 Å². The van der Waals surface area contributed by atoms with E-state index in [1.165, 1.54) is 24.3 Å². The second-order valence-electron chi connectivity index (χ2n) is 4.93. The highest BCUT2D eigenvalue weighted by Crippen LogP contribution is 2.24. The van der Waals surface area contributed by atoms with E-state index in [0.29, 0.717) is 0 Å². The van der Waals surface area contributed by atoms with Crippen LogP contribution in [-0.4, -0.2) is 33.2 Å². The first-order chi connectivity index (χ1) is 11.3. The molecule has 1 aliphatic rings. The normalized spacial score (nSPS) is 12.7. The van der Waals surface area contributed by atoms with Gasteiger partial charge in [-0.3, -0.25) is 29.1 Å². The first-order valence-corrected chi connectivity index (χ1v) is 6.61. The highest BCUT2D eigenvalue weighted by atomic mass is 16.4. The molecule has 0 unspecified atom stereocenters. The van der Waals surface area contributed by atoms with E-state index in [1.807, 2.05) is 5.32 Å². The Morgan fingerprint density at radius 3 is 2.42 bits per heavy atom. The lowest BCUT2D eigenvalue weighted by Gasteiger charge is -2.14. The van der Waals surface area contributed by atoms with Gasteiger partial charge in [-0.1, -0.05) is 12.1 Å². The predicted octanol–water partition coefficient (Wildman–Crippen LogP) is -0.429. The van der Waals surface area contributed by atoms with Crippen molar-refractivity contribution in [2.24, 2.45) is 0 Å². The number of para-hydroxylation sites is 1. The Morgan fingerprint density at radius 2 is 1.75 bits per heavy atom. The summed E-state index contributed by atoms with van der Waals surface area (Å²) < 4.78 is 0.827. The van der Waals surface area contributed by atoms with Crippen LogP contribution in [0.1, 0.15) is 31.1 Å². The fraction of sp³-hybridized carbons (Fsp3) is 0. The maximum Gasteiger partial charge on any atom is 0.377 e. The Kier molecular flexibility index (Phi) is 3.26. The van der Waals surface area contributed by atoms with Crippen LogP contribution in [0.3, 0.4) is 0 Å². The van der Waals surface area contributed by atoms with Gasteiger partial charge in [0, 0.05) is 6.07 Å². The summed E-state index contributed by atoms with van der Waals surface area (Å²) in [5, 5.41) is 10.9. The number of anilines is 1. The highest BCUT2D eigenvalue weighted by Gasteiger charge is 2.32. The molecule has 24 heavy (non-hydrogen) atoms. The number of Topliss-reactive ketones (excluding diaryl/α,β-unsaturated/α-hetero) is 1. The topological polar surface area (TPSA) is 149 Å². The van der Waals surface area contributed by atoms with Crippen molar-refractivity contribution < 1.29 is 24.3 Å². The number of carbonyl (C=O) groups is 4. The Morgan fingerprint density at radius 1 is 1.08 bits per heavy atom. The Balaban J connectivity index is 2.35. The van der Waals surface area contributed by atoms with Crippen molar-refractivity contribution in [3.05, 3.63) is 57.4 Å². The summed E-state index contributed by atoms with van der Waals surface area (Å²) in [6, 6.07) is 6.34. The molecule has 0 bridgehead atoms. The number of benzene rings is 1. The van der Waals surface area contributed by atoms with Crippen LogP contribution < -0.4 is 16.6 Å². The minimum absolute atomic E-state index is 0.0950. The number of carbonyl (C=O) groups excluding carboxylic acids is 3. The minimum Gasteiger partial charge on any atom is -0.475 e. The summed E-state index contributed by atoms with van der Waals surface area (Å²) in [5.41, 5.74) is 4.35. The third kappa shape index (κ3) is 2.07. The summed E-state index contributed by atoms with van der Waals surface area (Å²) in [4.78, 5) is 58.6. The maximum atomic E-state index is 12.3. The van der Waals surface area contributed by atoms with E-state index in [0.717, 1.165) is 10.6 Å². The number of aliphatic carboxylic acids is 1. The molecule has 0 fully saturated rings. The smallest absolute Gasteiger partial charge is 0.377 e. The maximum absolute atomic E-state index is 12.3. The van der Waals surface area contributed by atoms with Crippen molar-refractivity contribution in [3.63, 3.8) is 0 Å². The second-order valence-corrected chi connectivity index (χ2v) is 4.93. The number of hydrogen-bond donors (Lipinski definition) is 3. The molecule has 9 heteroatoms. The monoisotopic (exact) mass is 327 g/mol. The molecule has 1 aromatic heterocycles. The number of nitrogen functional groups attached to an aromatic ring is 1.